The summed E-state index contributed by atoms with van der Waals surface area (Å²) in [6, 6.07) is 8.00. The van der Waals surface area contributed by atoms with Gasteiger partial charge in [0.15, 0.2) is 0 Å². The maximum atomic E-state index is 12.6. The maximum absolute atomic E-state index is 12.6. The molecule has 26 heavy (non-hydrogen) atoms. The predicted octanol–water partition coefficient (Wildman–Crippen LogP) is 3.06. The molecule has 8 nitrogen and oxygen atoms in total. The molecule has 0 aliphatic carbocycles. The molecule has 0 unspecified atom stereocenters. The number of nitro groups is 1. The van der Waals surface area contributed by atoms with E-state index in [1.165, 1.54) is 30.0 Å². The number of anilines is 1. The number of halogens is 1. The van der Waals surface area contributed by atoms with Gasteiger partial charge in [0.2, 0.25) is 0 Å². The van der Waals surface area contributed by atoms with Gasteiger partial charge < -0.3 is 4.90 Å². The van der Waals surface area contributed by atoms with Crippen LogP contribution < -0.4 is 4.72 Å². The highest BCUT2D eigenvalue weighted by Gasteiger charge is 2.23. The van der Waals surface area contributed by atoms with Crippen molar-refractivity contribution in [2.45, 2.75) is 11.8 Å². The number of benzene rings is 2. The molecule has 2 aromatic rings. The number of hydrogen-bond acceptors (Lipinski definition) is 5. The van der Waals surface area contributed by atoms with Crippen LogP contribution in [0.4, 0.5) is 11.4 Å². The van der Waals surface area contributed by atoms with Gasteiger partial charge in [-0.3, -0.25) is 19.6 Å². The number of hydrogen-bond donors (Lipinski definition) is 1. The highest BCUT2D eigenvalue weighted by molar-refractivity contribution is 7.92. The number of sulfonamides is 1. The van der Waals surface area contributed by atoms with Crippen LogP contribution in [0.25, 0.3) is 0 Å². The Morgan fingerprint density at radius 3 is 2.46 bits per heavy atom. The molecular formula is C16H16ClN3O5S. The van der Waals surface area contributed by atoms with E-state index >= 15 is 0 Å². The van der Waals surface area contributed by atoms with Crippen molar-refractivity contribution < 1.29 is 18.1 Å². The van der Waals surface area contributed by atoms with Crippen LogP contribution in [0.15, 0.2) is 41.3 Å². The van der Waals surface area contributed by atoms with E-state index < -0.39 is 20.6 Å². The molecule has 2 aromatic carbocycles. The van der Waals surface area contributed by atoms with Gasteiger partial charge in [0, 0.05) is 37.0 Å². The van der Waals surface area contributed by atoms with Gasteiger partial charge in [-0.1, -0.05) is 17.7 Å². The van der Waals surface area contributed by atoms with Crippen LogP contribution in [-0.2, 0) is 10.0 Å². The van der Waals surface area contributed by atoms with E-state index in [4.69, 9.17) is 11.6 Å². The van der Waals surface area contributed by atoms with E-state index in [2.05, 4.69) is 4.72 Å². The SMILES string of the molecule is Cc1c(Cl)cc(S(=O)(=O)Nc2cccc(C(=O)N(C)C)c2)cc1[N+](=O)[O-]. The summed E-state index contributed by atoms with van der Waals surface area (Å²) in [5.41, 5.74) is 0.226. The van der Waals surface area contributed by atoms with Gasteiger partial charge in [-0.2, -0.15) is 0 Å². The number of nitrogens with one attached hydrogen (secondary N) is 1. The molecular weight excluding hydrogens is 382 g/mol. The monoisotopic (exact) mass is 397 g/mol. The smallest absolute Gasteiger partial charge is 0.275 e. The third kappa shape index (κ3) is 4.12. The summed E-state index contributed by atoms with van der Waals surface area (Å²) in [6.07, 6.45) is 0. The summed E-state index contributed by atoms with van der Waals surface area (Å²) in [5, 5.41) is 11.1. The van der Waals surface area contributed by atoms with Crippen LogP contribution in [0, 0.1) is 17.0 Å². The van der Waals surface area contributed by atoms with E-state index in [1.54, 1.807) is 20.2 Å². The minimum absolute atomic E-state index is 0.0314. The summed E-state index contributed by atoms with van der Waals surface area (Å²) in [6.45, 7) is 1.43. The second-order valence-corrected chi connectivity index (χ2v) is 7.78. The minimum atomic E-state index is -4.14. The molecule has 0 heterocycles. The summed E-state index contributed by atoms with van der Waals surface area (Å²) >= 11 is 5.93. The molecule has 0 spiro atoms. The van der Waals surface area contributed by atoms with Gasteiger partial charge >= 0.3 is 0 Å². The van der Waals surface area contributed by atoms with Crippen molar-refractivity contribution in [3.63, 3.8) is 0 Å². The third-order valence-electron chi connectivity index (χ3n) is 3.57. The zero-order valence-electron chi connectivity index (χ0n) is 14.2. The number of nitrogens with zero attached hydrogens (tertiary/aromatic N) is 2. The van der Waals surface area contributed by atoms with Crippen LogP contribution in [0.3, 0.4) is 0 Å². The Morgan fingerprint density at radius 1 is 1.23 bits per heavy atom. The lowest BCUT2D eigenvalue weighted by molar-refractivity contribution is -0.385. The highest BCUT2D eigenvalue weighted by Crippen LogP contribution is 2.30. The lowest BCUT2D eigenvalue weighted by Gasteiger charge is -2.13. The molecule has 0 aliphatic heterocycles. The summed E-state index contributed by atoms with van der Waals surface area (Å²) in [4.78, 5) is 23.4. The Bertz CT molecular complexity index is 989. The molecule has 10 heteroatoms. The molecule has 2 rings (SSSR count). The van der Waals surface area contributed by atoms with E-state index in [-0.39, 0.29) is 27.1 Å². The third-order valence-corrected chi connectivity index (χ3v) is 5.32. The van der Waals surface area contributed by atoms with Gasteiger partial charge in [0.05, 0.1) is 14.8 Å². The summed E-state index contributed by atoms with van der Waals surface area (Å²) in [5.74, 6) is -0.292. The number of amides is 1. The molecule has 0 bridgehead atoms. The lowest BCUT2D eigenvalue weighted by atomic mass is 10.2. The molecule has 138 valence electrons. The number of carbonyl (C=O) groups is 1. The molecule has 0 radical (unpaired) electrons. The number of rotatable bonds is 5. The first kappa shape index (κ1) is 19.7. The zero-order valence-corrected chi connectivity index (χ0v) is 15.8. The van der Waals surface area contributed by atoms with E-state index in [1.807, 2.05) is 0 Å². The van der Waals surface area contributed by atoms with Crippen molar-refractivity contribution in [2.75, 3.05) is 18.8 Å². The van der Waals surface area contributed by atoms with Gasteiger partial charge in [0.25, 0.3) is 21.6 Å². The Morgan fingerprint density at radius 2 is 1.88 bits per heavy atom. The van der Waals surface area contributed by atoms with E-state index in [0.717, 1.165) is 12.1 Å². The largest absolute Gasteiger partial charge is 0.345 e. The van der Waals surface area contributed by atoms with E-state index in [0.29, 0.717) is 5.56 Å². The minimum Gasteiger partial charge on any atom is -0.345 e. The second kappa shape index (κ2) is 7.30. The fourth-order valence-corrected chi connectivity index (χ4v) is 3.55. The van der Waals surface area contributed by atoms with Crippen LogP contribution in [0.5, 0.6) is 0 Å². The van der Waals surface area contributed by atoms with Gasteiger partial charge in [-0.15, -0.1) is 0 Å². The molecule has 1 N–H and O–H groups in total. The van der Waals surface area contributed by atoms with Crippen molar-refractivity contribution in [3.8, 4) is 0 Å². The van der Waals surface area contributed by atoms with Crippen molar-refractivity contribution in [3.05, 3.63) is 62.7 Å². The first-order chi connectivity index (χ1) is 12.0. The first-order valence-electron chi connectivity index (χ1n) is 7.32. The fraction of sp³-hybridized carbons (Fsp3) is 0.188. The van der Waals surface area contributed by atoms with Crippen molar-refractivity contribution >= 4 is 38.9 Å². The van der Waals surface area contributed by atoms with E-state index in [9.17, 15) is 23.3 Å². The number of carbonyl (C=O) groups excluding carboxylic acids is 1. The average Bonchev–Trinajstić information content (AvgIpc) is 2.55. The molecule has 0 aliphatic rings. The standard InChI is InChI=1S/C16H16ClN3O5S/c1-10-14(17)8-13(9-15(10)20(22)23)26(24,25)18-12-6-4-5-11(7-12)16(21)19(2)3/h4-9,18H,1-3H3. The molecule has 0 saturated carbocycles. The number of nitro benzene ring substituents is 1. The molecule has 1 amide bonds. The Balaban J connectivity index is 2.43. The predicted molar refractivity (Wildman–Crippen MR) is 98.1 cm³/mol. The van der Waals surface area contributed by atoms with Gasteiger partial charge in [-0.05, 0) is 31.2 Å². The Labute approximate surface area is 155 Å². The topological polar surface area (TPSA) is 110 Å². The fourth-order valence-electron chi connectivity index (χ4n) is 2.17. The lowest BCUT2D eigenvalue weighted by Crippen LogP contribution is -2.22. The van der Waals surface area contributed by atoms with Gasteiger partial charge in [-0.25, -0.2) is 8.42 Å². The molecule has 0 aromatic heterocycles. The maximum Gasteiger partial charge on any atom is 0.275 e. The van der Waals surface area contributed by atoms with Crippen LogP contribution >= 0.6 is 11.6 Å². The average molecular weight is 398 g/mol. The molecule has 0 fully saturated rings. The van der Waals surface area contributed by atoms with Crippen LogP contribution in [0.2, 0.25) is 5.02 Å². The summed E-state index contributed by atoms with van der Waals surface area (Å²) in [7, 11) is -0.983. The van der Waals surface area contributed by atoms with Crippen molar-refractivity contribution in [1.29, 1.82) is 0 Å². The highest BCUT2D eigenvalue weighted by atomic mass is 35.5. The molecule has 0 saturated heterocycles. The first-order valence-corrected chi connectivity index (χ1v) is 9.18. The summed E-state index contributed by atoms with van der Waals surface area (Å²) < 4.78 is 27.4. The molecule has 0 atom stereocenters. The van der Waals surface area contributed by atoms with Crippen LogP contribution in [0.1, 0.15) is 15.9 Å². The van der Waals surface area contributed by atoms with Crippen molar-refractivity contribution in [1.82, 2.24) is 4.90 Å². The van der Waals surface area contributed by atoms with Crippen molar-refractivity contribution in [2.24, 2.45) is 0 Å². The second-order valence-electron chi connectivity index (χ2n) is 5.69. The van der Waals surface area contributed by atoms with Gasteiger partial charge in [0.1, 0.15) is 0 Å². The van der Waals surface area contributed by atoms with Crippen LogP contribution in [-0.4, -0.2) is 38.2 Å². The Hall–Kier alpha value is -2.65. The normalized spacial score (nSPS) is 11.1. The Kier molecular flexibility index (Phi) is 5.53. The quantitative estimate of drug-likeness (QED) is 0.615. The zero-order chi connectivity index (χ0) is 19.6.